The summed E-state index contributed by atoms with van der Waals surface area (Å²) < 4.78 is 0. The molecule has 0 spiro atoms. The first-order valence-corrected chi connectivity index (χ1v) is 6.31. The molecule has 1 aromatic heterocycles. The third-order valence-electron chi connectivity index (χ3n) is 2.89. The van der Waals surface area contributed by atoms with Gasteiger partial charge in [-0.3, -0.25) is 9.69 Å². The molecule has 0 aliphatic carbocycles. The summed E-state index contributed by atoms with van der Waals surface area (Å²) in [4.78, 5) is 14.4. The molecule has 1 heterocycles. The molecular weight excluding hydrogens is 222 g/mol. The van der Waals surface area contributed by atoms with Crippen LogP contribution in [0.2, 0.25) is 0 Å². The highest BCUT2D eigenvalue weighted by molar-refractivity contribution is 7.10. The van der Waals surface area contributed by atoms with Crippen molar-refractivity contribution in [3.63, 3.8) is 0 Å². The molecule has 90 valence electrons. The van der Waals surface area contributed by atoms with E-state index in [1.165, 1.54) is 4.88 Å². The second-order valence-corrected chi connectivity index (χ2v) is 5.36. The fraction of sp³-hybridized carbons (Fsp3) is 0.583. The maximum atomic E-state index is 11.2. The van der Waals surface area contributed by atoms with E-state index in [2.05, 4.69) is 0 Å². The molecule has 2 unspecified atom stereocenters. The number of nitrogens with zero attached hydrogens (tertiary/aromatic N) is 1. The Morgan fingerprint density at radius 2 is 2.06 bits per heavy atom. The van der Waals surface area contributed by atoms with Gasteiger partial charge in [-0.05, 0) is 31.3 Å². The highest BCUT2D eigenvalue weighted by atomic mass is 32.1. The van der Waals surface area contributed by atoms with Crippen molar-refractivity contribution in [3.8, 4) is 0 Å². The Morgan fingerprint density at radius 3 is 2.44 bits per heavy atom. The van der Waals surface area contributed by atoms with E-state index in [1.807, 2.05) is 50.2 Å². The fourth-order valence-electron chi connectivity index (χ4n) is 1.90. The second-order valence-electron chi connectivity index (χ2n) is 4.38. The van der Waals surface area contributed by atoms with Crippen LogP contribution in [0.5, 0.6) is 0 Å². The zero-order valence-corrected chi connectivity index (χ0v) is 11.0. The predicted octanol–water partition coefficient (Wildman–Crippen LogP) is 2.85. The summed E-state index contributed by atoms with van der Waals surface area (Å²) in [6.07, 6.45) is 0. The lowest BCUT2D eigenvalue weighted by molar-refractivity contribution is -0.145. The molecule has 0 aliphatic heterocycles. The van der Waals surface area contributed by atoms with Gasteiger partial charge in [-0.25, -0.2) is 0 Å². The van der Waals surface area contributed by atoms with Gasteiger partial charge in [-0.15, -0.1) is 11.3 Å². The smallest absolute Gasteiger partial charge is 0.321 e. The first-order chi connectivity index (χ1) is 7.45. The SMILES string of the molecule is CC(C)C(C(=O)O)N(C)C(C)c1cccs1. The molecule has 16 heavy (non-hydrogen) atoms. The van der Waals surface area contributed by atoms with Crippen molar-refractivity contribution in [3.05, 3.63) is 22.4 Å². The van der Waals surface area contributed by atoms with Gasteiger partial charge in [-0.1, -0.05) is 19.9 Å². The number of hydrogen-bond donors (Lipinski definition) is 1. The van der Waals surface area contributed by atoms with E-state index in [9.17, 15) is 9.90 Å². The average molecular weight is 241 g/mol. The monoisotopic (exact) mass is 241 g/mol. The van der Waals surface area contributed by atoms with Crippen LogP contribution in [-0.2, 0) is 4.79 Å². The molecule has 4 heteroatoms. The summed E-state index contributed by atoms with van der Waals surface area (Å²) in [5.74, 6) is -0.647. The standard InChI is InChI=1S/C12H19NO2S/c1-8(2)11(12(14)15)13(4)9(3)10-6-5-7-16-10/h5-9,11H,1-4H3,(H,14,15). The van der Waals surface area contributed by atoms with Crippen molar-refractivity contribution < 1.29 is 9.90 Å². The minimum absolute atomic E-state index is 0.102. The summed E-state index contributed by atoms with van der Waals surface area (Å²) >= 11 is 1.67. The van der Waals surface area contributed by atoms with Crippen molar-refractivity contribution in [2.24, 2.45) is 5.92 Å². The van der Waals surface area contributed by atoms with Gasteiger partial charge in [0.2, 0.25) is 0 Å². The molecule has 1 aromatic rings. The fourth-order valence-corrected chi connectivity index (χ4v) is 2.73. The third-order valence-corrected chi connectivity index (χ3v) is 3.93. The van der Waals surface area contributed by atoms with Crippen LogP contribution in [0.3, 0.4) is 0 Å². The van der Waals surface area contributed by atoms with E-state index in [0.29, 0.717) is 0 Å². The number of carboxylic acid groups (broad SMARTS) is 1. The van der Waals surface area contributed by atoms with Crippen LogP contribution in [-0.4, -0.2) is 29.1 Å². The van der Waals surface area contributed by atoms with E-state index in [4.69, 9.17) is 0 Å². The maximum Gasteiger partial charge on any atom is 0.321 e. The summed E-state index contributed by atoms with van der Waals surface area (Å²) in [5.41, 5.74) is 0. The van der Waals surface area contributed by atoms with Gasteiger partial charge in [0.15, 0.2) is 0 Å². The predicted molar refractivity (Wildman–Crippen MR) is 66.8 cm³/mol. The van der Waals surface area contributed by atoms with Gasteiger partial charge in [0.25, 0.3) is 0 Å². The van der Waals surface area contributed by atoms with Crippen LogP contribution >= 0.6 is 11.3 Å². The van der Waals surface area contributed by atoms with Crippen LogP contribution in [0.1, 0.15) is 31.7 Å². The lowest BCUT2D eigenvalue weighted by Gasteiger charge is -2.32. The van der Waals surface area contributed by atoms with E-state index in [1.54, 1.807) is 11.3 Å². The highest BCUT2D eigenvalue weighted by Crippen LogP contribution is 2.27. The largest absolute Gasteiger partial charge is 0.480 e. The highest BCUT2D eigenvalue weighted by Gasteiger charge is 2.29. The average Bonchev–Trinajstić information content (AvgIpc) is 2.67. The molecule has 1 rings (SSSR count). The number of carbonyl (C=O) groups is 1. The molecule has 1 N–H and O–H groups in total. The zero-order chi connectivity index (χ0) is 12.3. The van der Waals surface area contributed by atoms with Crippen LogP contribution < -0.4 is 0 Å². The van der Waals surface area contributed by atoms with Crippen LogP contribution in [0.25, 0.3) is 0 Å². The van der Waals surface area contributed by atoms with Gasteiger partial charge >= 0.3 is 5.97 Å². The van der Waals surface area contributed by atoms with Gasteiger partial charge in [0.05, 0.1) is 0 Å². The minimum Gasteiger partial charge on any atom is -0.480 e. The third kappa shape index (κ3) is 2.83. The summed E-state index contributed by atoms with van der Waals surface area (Å²) in [7, 11) is 1.88. The van der Waals surface area contributed by atoms with E-state index >= 15 is 0 Å². The maximum absolute atomic E-state index is 11.2. The lowest BCUT2D eigenvalue weighted by atomic mass is 10.0. The molecule has 2 atom stereocenters. The van der Waals surface area contributed by atoms with Crippen LogP contribution in [0.4, 0.5) is 0 Å². The van der Waals surface area contributed by atoms with Gasteiger partial charge in [-0.2, -0.15) is 0 Å². The Kier molecular flexibility index (Phi) is 4.50. The molecule has 0 bridgehead atoms. The number of carboxylic acids is 1. The first kappa shape index (κ1) is 13.2. The molecule has 0 fully saturated rings. The number of thiophene rings is 1. The number of aliphatic carboxylic acids is 1. The van der Waals surface area contributed by atoms with Crippen molar-refractivity contribution in [1.29, 1.82) is 0 Å². The molecule has 0 aromatic carbocycles. The molecule has 0 saturated carbocycles. The van der Waals surface area contributed by atoms with Gasteiger partial charge in [0, 0.05) is 10.9 Å². The van der Waals surface area contributed by atoms with Crippen LogP contribution in [0, 0.1) is 5.92 Å². The Morgan fingerprint density at radius 1 is 1.44 bits per heavy atom. The Bertz CT molecular complexity index is 335. The summed E-state index contributed by atoms with van der Waals surface area (Å²) in [6, 6.07) is 3.75. The first-order valence-electron chi connectivity index (χ1n) is 5.43. The minimum atomic E-state index is -0.749. The number of likely N-dealkylation sites (N-methyl/N-ethyl adjacent to an activating group) is 1. The normalized spacial score (nSPS) is 15.4. The number of hydrogen-bond acceptors (Lipinski definition) is 3. The summed E-state index contributed by atoms with van der Waals surface area (Å²) in [5, 5.41) is 11.2. The van der Waals surface area contributed by atoms with E-state index in [0.717, 1.165) is 0 Å². The van der Waals surface area contributed by atoms with Crippen molar-refractivity contribution in [2.75, 3.05) is 7.05 Å². The quantitative estimate of drug-likeness (QED) is 0.861. The Hall–Kier alpha value is -0.870. The molecular formula is C12H19NO2S. The Labute approximate surface area is 101 Å². The summed E-state index contributed by atoms with van der Waals surface area (Å²) in [6.45, 7) is 5.93. The van der Waals surface area contributed by atoms with Gasteiger partial charge in [0.1, 0.15) is 6.04 Å². The zero-order valence-electron chi connectivity index (χ0n) is 10.2. The number of rotatable bonds is 5. The van der Waals surface area contributed by atoms with Crippen LogP contribution in [0.15, 0.2) is 17.5 Å². The van der Waals surface area contributed by atoms with E-state index in [-0.39, 0.29) is 12.0 Å². The second kappa shape index (κ2) is 5.46. The van der Waals surface area contributed by atoms with E-state index < -0.39 is 12.0 Å². The molecule has 3 nitrogen and oxygen atoms in total. The van der Waals surface area contributed by atoms with Crippen molar-refractivity contribution in [1.82, 2.24) is 4.90 Å². The lowest BCUT2D eigenvalue weighted by Crippen LogP contribution is -2.43. The van der Waals surface area contributed by atoms with Crippen molar-refractivity contribution >= 4 is 17.3 Å². The Balaban J connectivity index is 2.82. The molecule has 0 amide bonds. The molecule has 0 radical (unpaired) electrons. The molecule has 0 saturated heterocycles. The topological polar surface area (TPSA) is 40.5 Å². The molecule has 0 aliphatic rings. The van der Waals surface area contributed by atoms with Gasteiger partial charge < -0.3 is 5.11 Å². The van der Waals surface area contributed by atoms with Crippen molar-refractivity contribution in [2.45, 2.75) is 32.9 Å².